The molecule has 17 heavy (non-hydrogen) atoms. The van der Waals surface area contributed by atoms with Gasteiger partial charge in [-0.2, -0.15) is 0 Å². The minimum atomic E-state index is 0.399. The van der Waals surface area contributed by atoms with Gasteiger partial charge < -0.3 is 15.4 Å². The summed E-state index contributed by atoms with van der Waals surface area (Å²) in [6, 6.07) is 7.50. The van der Waals surface area contributed by atoms with Crippen molar-refractivity contribution in [1.82, 2.24) is 0 Å². The molecule has 1 saturated heterocycles. The fourth-order valence-corrected chi connectivity index (χ4v) is 3.16. The Labute approximate surface area is 103 Å². The second kappa shape index (κ2) is 4.22. The molecule has 3 nitrogen and oxygen atoms in total. The molecule has 3 heteroatoms. The normalized spacial score (nSPS) is 27.3. The van der Waals surface area contributed by atoms with Crippen LogP contribution in [0.1, 0.15) is 24.8 Å². The van der Waals surface area contributed by atoms with E-state index in [0.29, 0.717) is 12.1 Å². The summed E-state index contributed by atoms with van der Waals surface area (Å²) in [6.07, 6.45) is 4.64. The van der Waals surface area contributed by atoms with E-state index in [1.165, 1.54) is 17.7 Å². The summed E-state index contributed by atoms with van der Waals surface area (Å²) in [4.78, 5) is 2.54. The molecule has 0 amide bonds. The van der Waals surface area contributed by atoms with Gasteiger partial charge in [-0.15, -0.1) is 0 Å². The van der Waals surface area contributed by atoms with Gasteiger partial charge in [-0.25, -0.2) is 0 Å². The number of nitrogens with zero attached hydrogens (tertiary/aromatic N) is 1. The molecule has 0 aliphatic carbocycles. The Morgan fingerprint density at radius 1 is 1.35 bits per heavy atom. The Balaban J connectivity index is 1.91. The average molecular weight is 232 g/mol. The van der Waals surface area contributed by atoms with Crippen molar-refractivity contribution in [3.05, 3.63) is 23.8 Å². The molecule has 2 aliphatic heterocycles. The molecule has 0 radical (unpaired) electrons. The summed E-state index contributed by atoms with van der Waals surface area (Å²) < 4.78 is 5.29. The van der Waals surface area contributed by atoms with Crippen LogP contribution in [0.5, 0.6) is 5.75 Å². The molecule has 1 aromatic carbocycles. The number of methoxy groups -OCH3 is 1. The molecular weight excluding hydrogens is 212 g/mol. The van der Waals surface area contributed by atoms with Crippen molar-refractivity contribution in [2.45, 2.75) is 37.8 Å². The fraction of sp³-hybridized carbons (Fsp3) is 0.571. The van der Waals surface area contributed by atoms with Crippen molar-refractivity contribution in [3.8, 4) is 5.75 Å². The molecule has 0 aromatic heterocycles. The molecule has 1 aromatic rings. The maximum absolute atomic E-state index is 6.06. The summed E-state index contributed by atoms with van der Waals surface area (Å²) in [5.41, 5.74) is 8.88. The lowest BCUT2D eigenvalue weighted by atomic mass is 9.87. The van der Waals surface area contributed by atoms with Gasteiger partial charge in [-0.3, -0.25) is 0 Å². The topological polar surface area (TPSA) is 38.5 Å². The van der Waals surface area contributed by atoms with Crippen LogP contribution in [0.3, 0.4) is 0 Å². The highest BCUT2D eigenvalue weighted by atomic mass is 16.5. The Bertz CT molecular complexity index is 419. The highest BCUT2D eigenvalue weighted by Gasteiger charge is 2.31. The van der Waals surface area contributed by atoms with Crippen molar-refractivity contribution in [2.75, 3.05) is 18.6 Å². The largest absolute Gasteiger partial charge is 0.497 e. The van der Waals surface area contributed by atoms with Crippen molar-refractivity contribution in [1.29, 1.82) is 0 Å². The SMILES string of the molecule is COc1ccc2c(c1)CCC1CC(N)CCN21. The molecule has 0 saturated carbocycles. The third-order valence-electron chi connectivity index (χ3n) is 4.10. The molecule has 92 valence electrons. The Hall–Kier alpha value is -1.22. The molecule has 0 spiro atoms. The van der Waals surface area contributed by atoms with E-state index in [2.05, 4.69) is 23.1 Å². The molecule has 0 bridgehead atoms. The lowest BCUT2D eigenvalue weighted by Crippen LogP contribution is -2.49. The predicted molar refractivity (Wildman–Crippen MR) is 69.7 cm³/mol. The fourth-order valence-electron chi connectivity index (χ4n) is 3.16. The van der Waals surface area contributed by atoms with E-state index in [1.54, 1.807) is 7.11 Å². The highest BCUT2D eigenvalue weighted by Crippen LogP contribution is 2.36. The Kier molecular flexibility index (Phi) is 2.71. The summed E-state index contributed by atoms with van der Waals surface area (Å²) in [5.74, 6) is 0.968. The number of hydrogen-bond donors (Lipinski definition) is 1. The number of fused-ring (bicyclic) bond motifs is 3. The van der Waals surface area contributed by atoms with Crippen LogP contribution in [-0.2, 0) is 6.42 Å². The third kappa shape index (κ3) is 1.89. The third-order valence-corrected chi connectivity index (χ3v) is 4.10. The van der Waals surface area contributed by atoms with Crippen LogP contribution >= 0.6 is 0 Å². The Morgan fingerprint density at radius 3 is 3.06 bits per heavy atom. The average Bonchev–Trinajstić information content (AvgIpc) is 2.37. The van der Waals surface area contributed by atoms with Crippen LogP contribution in [0.2, 0.25) is 0 Å². The standard InChI is InChI=1S/C14H20N2O/c1-17-13-4-5-14-10(8-13)2-3-12-9-11(15)6-7-16(12)14/h4-5,8,11-12H,2-3,6-7,9,15H2,1H3. The maximum atomic E-state index is 6.06. The summed E-state index contributed by atoms with van der Waals surface area (Å²) in [7, 11) is 1.73. The smallest absolute Gasteiger partial charge is 0.119 e. The van der Waals surface area contributed by atoms with Gasteiger partial charge >= 0.3 is 0 Å². The zero-order valence-corrected chi connectivity index (χ0v) is 10.4. The first-order chi connectivity index (χ1) is 8.28. The zero-order chi connectivity index (χ0) is 11.8. The van der Waals surface area contributed by atoms with Crippen LogP contribution in [0.15, 0.2) is 18.2 Å². The molecule has 2 atom stereocenters. The van der Waals surface area contributed by atoms with Gasteiger partial charge in [-0.1, -0.05) is 0 Å². The van der Waals surface area contributed by atoms with E-state index < -0.39 is 0 Å². The predicted octanol–water partition coefficient (Wildman–Crippen LogP) is 1.94. The Morgan fingerprint density at radius 2 is 2.24 bits per heavy atom. The second-order valence-electron chi connectivity index (χ2n) is 5.16. The first-order valence-corrected chi connectivity index (χ1v) is 6.47. The van der Waals surface area contributed by atoms with E-state index in [4.69, 9.17) is 10.5 Å². The van der Waals surface area contributed by atoms with E-state index in [-0.39, 0.29) is 0 Å². The maximum Gasteiger partial charge on any atom is 0.119 e. The second-order valence-corrected chi connectivity index (χ2v) is 5.16. The quantitative estimate of drug-likeness (QED) is 0.804. The van der Waals surface area contributed by atoms with E-state index in [1.807, 2.05) is 0 Å². The lowest BCUT2D eigenvalue weighted by Gasteiger charge is -2.44. The number of nitrogens with two attached hydrogens (primary N) is 1. The number of hydrogen-bond acceptors (Lipinski definition) is 3. The van der Waals surface area contributed by atoms with Crippen LogP contribution in [0, 0.1) is 0 Å². The molecule has 2 unspecified atom stereocenters. The van der Waals surface area contributed by atoms with Crippen LogP contribution in [0.4, 0.5) is 5.69 Å². The van der Waals surface area contributed by atoms with Gasteiger partial charge in [0.1, 0.15) is 5.75 Å². The van der Waals surface area contributed by atoms with Gasteiger partial charge in [0, 0.05) is 24.3 Å². The van der Waals surface area contributed by atoms with Gasteiger partial charge in [0.05, 0.1) is 7.11 Å². The zero-order valence-electron chi connectivity index (χ0n) is 10.4. The van der Waals surface area contributed by atoms with Crippen molar-refractivity contribution >= 4 is 5.69 Å². The van der Waals surface area contributed by atoms with Crippen LogP contribution in [0.25, 0.3) is 0 Å². The first-order valence-electron chi connectivity index (χ1n) is 6.47. The van der Waals surface area contributed by atoms with E-state index >= 15 is 0 Å². The van der Waals surface area contributed by atoms with Gasteiger partial charge in [0.15, 0.2) is 0 Å². The van der Waals surface area contributed by atoms with Crippen LogP contribution < -0.4 is 15.4 Å². The molecular formula is C14H20N2O. The molecule has 2 N–H and O–H groups in total. The molecule has 3 rings (SSSR count). The summed E-state index contributed by atoms with van der Waals surface area (Å²) in [6.45, 7) is 1.10. The van der Waals surface area contributed by atoms with Crippen molar-refractivity contribution < 1.29 is 4.74 Å². The van der Waals surface area contributed by atoms with Gasteiger partial charge in [-0.05, 0) is 49.4 Å². The number of anilines is 1. The van der Waals surface area contributed by atoms with E-state index in [9.17, 15) is 0 Å². The first kappa shape index (κ1) is 10.9. The number of ether oxygens (including phenoxy) is 1. The minimum Gasteiger partial charge on any atom is -0.497 e. The number of piperidine rings is 1. The number of aryl methyl sites for hydroxylation is 1. The van der Waals surface area contributed by atoms with Crippen LogP contribution in [-0.4, -0.2) is 25.7 Å². The molecule has 1 fully saturated rings. The van der Waals surface area contributed by atoms with E-state index in [0.717, 1.165) is 31.6 Å². The number of benzene rings is 1. The minimum absolute atomic E-state index is 0.399. The monoisotopic (exact) mass is 232 g/mol. The molecule has 2 aliphatic rings. The number of rotatable bonds is 1. The van der Waals surface area contributed by atoms with Gasteiger partial charge in [0.2, 0.25) is 0 Å². The molecule has 2 heterocycles. The van der Waals surface area contributed by atoms with Crippen molar-refractivity contribution in [3.63, 3.8) is 0 Å². The summed E-state index contributed by atoms with van der Waals surface area (Å²) in [5, 5.41) is 0. The van der Waals surface area contributed by atoms with Crippen molar-refractivity contribution in [2.24, 2.45) is 5.73 Å². The van der Waals surface area contributed by atoms with Gasteiger partial charge in [0.25, 0.3) is 0 Å². The summed E-state index contributed by atoms with van der Waals surface area (Å²) >= 11 is 0. The lowest BCUT2D eigenvalue weighted by molar-refractivity contribution is 0.381. The highest BCUT2D eigenvalue weighted by molar-refractivity contribution is 5.59.